The zero-order valence-electron chi connectivity index (χ0n) is 12.0. The van der Waals surface area contributed by atoms with Crippen molar-refractivity contribution in [2.24, 2.45) is 0 Å². The Balaban J connectivity index is 1.68. The summed E-state index contributed by atoms with van der Waals surface area (Å²) >= 11 is 5.65. The molecule has 23 heavy (non-hydrogen) atoms. The van der Waals surface area contributed by atoms with Crippen molar-refractivity contribution >= 4 is 34.1 Å². The fourth-order valence-electron chi connectivity index (χ4n) is 2.16. The molecule has 2 aromatic carbocycles. The van der Waals surface area contributed by atoms with Gasteiger partial charge in [0.05, 0.1) is 5.56 Å². The Morgan fingerprint density at radius 1 is 0.957 bits per heavy atom. The van der Waals surface area contributed by atoms with Crippen LogP contribution in [0.25, 0.3) is 10.8 Å². The summed E-state index contributed by atoms with van der Waals surface area (Å²) < 4.78 is 5.02. The molecule has 0 fully saturated rings. The van der Waals surface area contributed by atoms with E-state index in [2.05, 4.69) is 4.98 Å². The van der Waals surface area contributed by atoms with E-state index in [9.17, 15) is 9.59 Å². The number of aromatic nitrogens is 1. The molecular weight excluding hydrogens is 314 g/mol. The number of carbonyl (C=O) groups is 2. The van der Waals surface area contributed by atoms with E-state index in [1.807, 2.05) is 30.3 Å². The number of esters is 1. The SMILES string of the molecule is O=C(COC(=O)c1ccc(Cl)nc1)c1ccc2ccccc2c1. The smallest absolute Gasteiger partial charge is 0.340 e. The lowest BCUT2D eigenvalue weighted by Crippen LogP contribution is -2.14. The Hall–Kier alpha value is -2.72. The van der Waals surface area contributed by atoms with Gasteiger partial charge in [0.15, 0.2) is 12.4 Å². The van der Waals surface area contributed by atoms with Crippen molar-refractivity contribution in [2.45, 2.75) is 0 Å². The lowest BCUT2D eigenvalue weighted by atomic mass is 10.0. The van der Waals surface area contributed by atoms with Crippen molar-refractivity contribution in [3.8, 4) is 0 Å². The molecule has 0 amide bonds. The zero-order chi connectivity index (χ0) is 16.2. The average Bonchev–Trinajstić information content (AvgIpc) is 2.59. The summed E-state index contributed by atoms with van der Waals surface area (Å²) in [7, 11) is 0. The molecule has 0 N–H and O–H groups in total. The number of hydrogen-bond acceptors (Lipinski definition) is 4. The highest BCUT2D eigenvalue weighted by molar-refractivity contribution is 6.29. The normalized spacial score (nSPS) is 10.5. The van der Waals surface area contributed by atoms with Crippen LogP contribution in [0.1, 0.15) is 20.7 Å². The first kappa shape index (κ1) is 15.2. The molecule has 0 unspecified atom stereocenters. The molecule has 1 heterocycles. The summed E-state index contributed by atoms with van der Waals surface area (Å²) in [6.07, 6.45) is 1.31. The van der Waals surface area contributed by atoms with Crippen LogP contribution in [0.5, 0.6) is 0 Å². The third-order valence-corrected chi connectivity index (χ3v) is 3.59. The molecule has 3 rings (SSSR count). The topological polar surface area (TPSA) is 56.3 Å². The summed E-state index contributed by atoms with van der Waals surface area (Å²) in [5, 5.41) is 2.30. The Bertz CT molecular complexity index is 875. The standard InChI is InChI=1S/C18H12ClNO3/c19-17-8-7-15(10-20-17)18(22)23-11-16(21)14-6-5-12-3-1-2-4-13(12)9-14/h1-10H,11H2. The monoisotopic (exact) mass is 325 g/mol. The number of ether oxygens (including phenoxy) is 1. The first-order valence-corrected chi connectivity index (χ1v) is 7.32. The number of fused-ring (bicyclic) bond motifs is 1. The van der Waals surface area contributed by atoms with E-state index in [0.717, 1.165) is 10.8 Å². The van der Waals surface area contributed by atoms with Crippen molar-refractivity contribution in [3.05, 3.63) is 77.1 Å². The second-order valence-electron chi connectivity index (χ2n) is 4.93. The van der Waals surface area contributed by atoms with E-state index in [0.29, 0.717) is 5.56 Å². The summed E-state index contributed by atoms with van der Waals surface area (Å²) in [6, 6.07) is 16.1. The highest BCUT2D eigenvalue weighted by Gasteiger charge is 2.12. The molecule has 0 radical (unpaired) electrons. The quantitative estimate of drug-likeness (QED) is 0.414. The van der Waals surface area contributed by atoms with Crippen molar-refractivity contribution in [1.82, 2.24) is 4.98 Å². The van der Waals surface area contributed by atoms with Gasteiger partial charge in [0.1, 0.15) is 5.15 Å². The predicted octanol–water partition coefficient (Wildman–Crippen LogP) is 3.93. The van der Waals surface area contributed by atoms with E-state index in [4.69, 9.17) is 16.3 Å². The lowest BCUT2D eigenvalue weighted by molar-refractivity contribution is 0.0474. The van der Waals surface area contributed by atoms with Crippen LogP contribution in [0, 0.1) is 0 Å². The number of ketones is 1. The van der Waals surface area contributed by atoms with Crippen molar-refractivity contribution in [1.29, 1.82) is 0 Å². The summed E-state index contributed by atoms with van der Waals surface area (Å²) in [5.41, 5.74) is 0.756. The molecule has 4 nitrogen and oxygen atoms in total. The Kier molecular flexibility index (Phi) is 4.35. The predicted molar refractivity (Wildman–Crippen MR) is 87.8 cm³/mol. The minimum absolute atomic E-state index is 0.251. The van der Waals surface area contributed by atoms with Gasteiger partial charge in [-0.1, -0.05) is 48.0 Å². The number of hydrogen-bond donors (Lipinski definition) is 0. The van der Waals surface area contributed by atoms with Gasteiger partial charge in [-0.25, -0.2) is 9.78 Å². The number of nitrogens with zero attached hydrogens (tertiary/aromatic N) is 1. The maximum atomic E-state index is 12.2. The zero-order valence-corrected chi connectivity index (χ0v) is 12.8. The minimum Gasteiger partial charge on any atom is -0.454 e. The van der Waals surface area contributed by atoms with Crippen LogP contribution in [0.4, 0.5) is 0 Å². The van der Waals surface area contributed by atoms with Gasteiger partial charge >= 0.3 is 5.97 Å². The van der Waals surface area contributed by atoms with Gasteiger partial charge < -0.3 is 4.74 Å². The van der Waals surface area contributed by atoms with E-state index in [1.54, 1.807) is 12.1 Å². The van der Waals surface area contributed by atoms with E-state index < -0.39 is 5.97 Å². The maximum Gasteiger partial charge on any atom is 0.340 e. The molecule has 1 aromatic heterocycles. The van der Waals surface area contributed by atoms with Gasteiger partial charge in [0, 0.05) is 11.8 Å². The number of pyridine rings is 1. The number of halogens is 1. The molecule has 114 valence electrons. The van der Waals surface area contributed by atoms with E-state index >= 15 is 0 Å². The Morgan fingerprint density at radius 3 is 2.43 bits per heavy atom. The maximum absolute atomic E-state index is 12.2. The van der Waals surface area contributed by atoms with Crippen LogP contribution in [0.2, 0.25) is 5.15 Å². The molecule has 0 aliphatic rings. The second kappa shape index (κ2) is 6.58. The Morgan fingerprint density at radius 2 is 1.70 bits per heavy atom. The van der Waals surface area contributed by atoms with Crippen molar-refractivity contribution < 1.29 is 14.3 Å². The molecule has 5 heteroatoms. The molecule has 3 aromatic rings. The van der Waals surface area contributed by atoms with Crippen LogP contribution < -0.4 is 0 Å². The van der Waals surface area contributed by atoms with Gasteiger partial charge in [-0.05, 0) is 29.0 Å². The van der Waals surface area contributed by atoms with Gasteiger partial charge in [-0.15, -0.1) is 0 Å². The number of rotatable bonds is 4. The molecule has 0 saturated carbocycles. The van der Waals surface area contributed by atoms with Crippen molar-refractivity contribution in [3.63, 3.8) is 0 Å². The van der Waals surface area contributed by atoms with Crippen LogP contribution in [-0.2, 0) is 4.74 Å². The first-order valence-electron chi connectivity index (χ1n) is 6.94. The average molecular weight is 326 g/mol. The highest BCUT2D eigenvalue weighted by atomic mass is 35.5. The van der Waals surface area contributed by atoms with Gasteiger partial charge in [-0.3, -0.25) is 4.79 Å². The molecule has 0 aliphatic heterocycles. The van der Waals surface area contributed by atoms with Crippen LogP contribution >= 0.6 is 11.6 Å². The largest absolute Gasteiger partial charge is 0.454 e. The fourth-order valence-corrected chi connectivity index (χ4v) is 2.27. The first-order chi connectivity index (χ1) is 11.1. The highest BCUT2D eigenvalue weighted by Crippen LogP contribution is 2.16. The number of Topliss-reactive ketones (excluding diaryl/α,β-unsaturated/α-hetero) is 1. The molecule has 0 atom stereocenters. The summed E-state index contributed by atoms with van der Waals surface area (Å²) in [6.45, 7) is -0.320. The number of benzene rings is 2. The molecule has 0 spiro atoms. The van der Waals surface area contributed by atoms with Crippen LogP contribution in [-0.4, -0.2) is 23.3 Å². The molecule has 0 aliphatic carbocycles. The Labute approximate surface area is 137 Å². The van der Waals surface area contributed by atoms with Crippen LogP contribution in [0.3, 0.4) is 0 Å². The third kappa shape index (κ3) is 3.55. The van der Waals surface area contributed by atoms with Gasteiger partial charge in [-0.2, -0.15) is 0 Å². The second-order valence-corrected chi connectivity index (χ2v) is 5.32. The molecule has 0 bridgehead atoms. The van der Waals surface area contributed by atoms with Crippen LogP contribution in [0.15, 0.2) is 60.8 Å². The number of carbonyl (C=O) groups excluding carboxylic acids is 2. The van der Waals surface area contributed by atoms with Gasteiger partial charge in [0.25, 0.3) is 0 Å². The van der Waals surface area contributed by atoms with E-state index in [-0.39, 0.29) is 23.1 Å². The van der Waals surface area contributed by atoms with E-state index in [1.165, 1.54) is 18.3 Å². The molecular formula is C18H12ClNO3. The lowest BCUT2D eigenvalue weighted by Gasteiger charge is -2.05. The third-order valence-electron chi connectivity index (χ3n) is 3.37. The molecule has 0 saturated heterocycles. The van der Waals surface area contributed by atoms with Crippen molar-refractivity contribution in [2.75, 3.05) is 6.61 Å². The summed E-state index contributed by atoms with van der Waals surface area (Å²) in [5.74, 6) is -0.866. The van der Waals surface area contributed by atoms with Gasteiger partial charge in [0.2, 0.25) is 0 Å². The minimum atomic E-state index is -0.608. The fraction of sp³-hybridized carbons (Fsp3) is 0.0556. The summed E-state index contributed by atoms with van der Waals surface area (Å²) in [4.78, 5) is 27.8.